The van der Waals surface area contributed by atoms with Crippen molar-refractivity contribution < 1.29 is 22.3 Å². The molecule has 0 unspecified atom stereocenters. The number of sulfonamides is 1. The molecule has 0 atom stereocenters. The summed E-state index contributed by atoms with van der Waals surface area (Å²) in [4.78, 5) is 12.2. The maximum absolute atomic E-state index is 14.6. The number of amides is 1. The monoisotopic (exact) mass is 490 g/mol. The molecule has 0 aliphatic heterocycles. The summed E-state index contributed by atoms with van der Waals surface area (Å²) in [6.45, 7) is 1.75. The molecule has 8 heteroatoms. The Morgan fingerprint density at radius 2 is 1.46 bits per heavy atom. The highest BCUT2D eigenvalue weighted by Crippen LogP contribution is 2.27. The highest BCUT2D eigenvalue weighted by molar-refractivity contribution is 7.92. The lowest BCUT2D eigenvalue weighted by molar-refractivity contribution is 0.102. The first-order valence-corrected chi connectivity index (χ1v) is 12.3. The number of carbonyl (C=O) groups is 1. The first kappa shape index (κ1) is 24.0. The zero-order valence-corrected chi connectivity index (χ0v) is 19.7. The Kier molecular flexibility index (Phi) is 7.12. The van der Waals surface area contributed by atoms with Crippen LogP contribution < -0.4 is 14.4 Å². The van der Waals surface area contributed by atoms with Gasteiger partial charge in [-0.1, -0.05) is 36.4 Å². The van der Waals surface area contributed by atoms with E-state index < -0.39 is 26.6 Å². The number of hydrogen-bond acceptors (Lipinski definition) is 4. The highest BCUT2D eigenvalue weighted by atomic mass is 32.2. The summed E-state index contributed by atoms with van der Waals surface area (Å²) < 4.78 is 48.0. The van der Waals surface area contributed by atoms with Crippen LogP contribution in [0.1, 0.15) is 17.3 Å². The van der Waals surface area contributed by atoms with E-state index in [1.165, 1.54) is 6.07 Å². The standard InChI is InChI=1S/C27H23FN2O4S/c1-2-30(22-9-5-3-6-10-22)35(32,33)26-19-20(13-18-25(26)28)27(31)29-21-14-16-24(17-15-21)34-23-11-7-4-8-12-23/h3-19H,2H2,1H3,(H,29,31). The molecular formula is C27H23FN2O4S. The zero-order valence-electron chi connectivity index (χ0n) is 18.9. The van der Waals surface area contributed by atoms with Gasteiger partial charge in [-0.25, -0.2) is 12.8 Å². The molecule has 1 N–H and O–H groups in total. The predicted octanol–water partition coefficient (Wildman–Crippen LogP) is 6.09. The predicted molar refractivity (Wildman–Crippen MR) is 134 cm³/mol. The van der Waals surface area contributed by atoms with Crippen molar-refractivity contribution in [2.45, 2.75) is 11.8 Å². The van der Waals surface area contributed by atoms with Crippen molar-refractivity contribution in [3.63, 3.8) is 0 Å². The molecule has 0 radical (unpaired) electrons. The summed E-state index contributed by atoms with van der Waals surface area (Å²) in [5, 5.41) is 2.70. The summed E-state index contributed by atoms with van der Waals surface area (Å²) in [6.07, 6.45) is 0. The second-order valence-corrected chi connectivity index (χ2v) is 9.37. The first-order chi connectivity index (χ1) is 16.9. The van der Waals surface area contributed by atoms with Crippen molar-refractivity contribution in [1.82, 2.24) is 0 Å². The molecular weight excluding hydrogens is 467 g/mol. The number of hydrogen-bond donors (Lipinski definition) is 1. The lowest BCUT2D eigenvalue weighted by atomic mass is 10.2. The molecule has 0 aliphatic rings. The second kappa shape index (κ2) is 10.4. The van der Waals surface area contributed by atoms with Gasteiger partial charge in [0, 0.05) is 17.8 Å². The van der Waals surface area contributed by atoms with E-state index in [2.05, 4.69) is 5.32 Å². The SMILES string of the molecule is CCN(c1ccccc1)S(=O)(=O)c1cc(C(=O)Nc2ccc(Oc3ccccc3)cc2)ccc1F. The summed E-state index contributed by atoms with van der Waals surface area (Å²) in [5.41, 5.74) is 0.893. The van der Waals surface area contributed by atoms with Gasteiger partial charge in [0.05, 0.1) is 5.69 Å². The second-order valence-electron chi connectivity index (χ2n) is 7.54. The van der Waals surface area contributed by atoms with Crippen LogP contribution in [0.5, 0.6) is 11.5 Å². The zero-order chi connectivity index (χ0) is 24.8. The molecule has 1 amide bonds. The third-order valence-corrected chi connectivity index (χ3v) is 7.10. The van der Waals surface area contributed by atoms with Crippen LogP contribution in [0.2, 0.25) is 0 Å². The Morgan fingerprint density at radius 3 is 2.09 bits per heavy atom. The number of rotatable bonds is 8. The summed E-state index contributed by atoms with van der Waals surface area (Å²) in [7, 11) is -4.24. The van der Waals surface area contributed by atoms with Crippen LogP contribution in [-0.2, 0) is 10.0 Å². The van der Waals surface area contributed by atoms with E-state index in [4.69, 9.17) is 4.74 Å². The van der Waals surface area contributed by atoms with E-state index in [1.807, 2.05) is 30.3 Å². The fraction of sp³-hybridized carbons (Fsp3) is 0.0741. The molecule has 0 saturated heterocycles. The van der Waals surface area contributed by atoms with E-state index in [0.717, 1.165) is 16.4 Å². The average molecular weight is 491 g/mol. The summed E-state index contributed by atoms with van der Waals surface area (Å²) >= 11 is 0. The Balaban J connectivity index is 1.53. The van der Waals surface area contributed by atoms with E-state index in [9.17, 15) is 17.6 Å². The van der Waals surface area contributed by atoms with Crippen LogP contribution in [0.15, 0.2) is 108 Å². The number of ether oxygens (including phenoxy) is 1. The van der Waals surface area contributed by atoms with Crippen LogP contribution in [0.25, 0.3) is 0 Å². The molecule has 35 heavy (non-hydrogen) atoms. The smallest absolute Gasteiger partial charge is 0.267 e. The lowest BCUT2D eigenvalue weighted by Crippen LogP contribution is -2.31. The van der Waals surface area contributed by atoms with E-state index in [1.54, 1.807) is 61.5 Å². The Morgan fingerprint density at radius 1 is 0.857 bits per heavy atom. The number of nitrogens with zero attached hydrogens (tertiary/aromatic N) is 1. The lowest BCUT2D eigenvalue weighted by Gasteiger charge is -2.23. The molecule has 0 fully saturated rings. The largest absolute Gasteiger partial charge is 0.457 e. The van der Waals surface area contributed by atoms with Gasteiger partial charge in [-0.05, 0) is 73.7 Å². The fourth-order valence-electron chi connectivity index (χ4n) is 3.48. The normalized spacial score (nSPS) is 11.0. The molecule has 0 saturated carbocycles. The Labute approximate surface area is 203 Å². The quantitative estimate of drug-likeness (QED) is 0.325. The third kappa shape index (κ3) is 5.50. The van der Waals surface area contributed by atoms with Gasteiger partial charge in [0.1, 0.15) is 22.2 Å². The van der Waals surface area contributed by atoms with E-state index in [-0.39, 0.29) is 12.1 Å². The van der Waals surface area contributed by atoms with Crippen molar-refractivity contribution >= 4 is 27.3 Å². The minimum atomic E-state index is -4.24. The van der Waals surface area contributed by atoms with Crippen LogP contribution in [-0.4, -0.2) is 20.9 Å². The van der Waals surface area contributed by atoms with Crippen molar-refractivity contribution in [1.29, 1.82) is 0 Å². The summed E-state index contributed by atoms with van der Waals surface area (Å²) in [6, 6.07) is 27.7. The number of benzene rings is 4. The maximum Gasteiger partial charge on any atom is 0.267 e. The Hall–Kier alpha value is -4.17. The maximum atomic E-state index is 14.6. The van der Waals surface area contributed by atoms with Gasteiger partial charge in [0.2, 0.25) is 0 Å². The Bertz CT molecular complexity index is 1410. The van der Waals surface area contributed by atoms with Gasteiger partial charge in [0.15, 0.2) is 0 Å². The first-order valence-electron chi connectivity index (χ1n) is 10.9. The molecule has 178 valence electrons. The van der Waals surface area contributed by atoms with Gasteiger partial charge in [0.25, 0.3) is 15.9 Å². The molecule has 0 heterocycles. The number of para-hydroxylation sites is 2. The van der Waals surface area contributed by atoms with Crippen LogP contribution >= 0.6 is 0 Å². The minimum absolute atomic E-state index is 0.0127. The van der Waals surface area contributed by atoms with Gasteiger partial charge >= 0.3 is 0 Å². The number of carbonyl (C=O) groups excluding carboxylic acids is 1. The van der Waals surface area contributed by atoms with Crippen LogP contribution in [0, 0.1) is 5.82 Å². The minimum Gasteiger partial charge on any atom is -0.457 e. The molecule has 0 spiro atoms. The number of anilines is 2. The third-order valence-electron chi connectivity index (χ3n) is 5.18. The van der Waals surface area contributed by atoms with Crippen molar-refractivity contribution in [2.24, 2.45) is 0 Å². The van der Waals surface area contributed by atoms with Gasteiger partial charge < -0.3 is 10.1 Å². The van der Waals surface area contributed by atoms with Crippen molar-refractivity contribution in [2.75, 3.05) is 16.2 Å². The van der Waals surface area contributed by atoms with Crippen molar-refractivity contribution in [3.05, 3.63) is 115 Å². The van der Waals surface area contributed by atoms with Gasteiger partial charge in [-0.3, -0.25) is 9.10 Å². The molecule has 0 bridgehead atoms. The molecule has 4 aromatic rings. The molecule has 6 nitrogen and oxygen atoms in total. The molecule has 0 aromatic heterocycles. The summed E-state index contributed by atoms with van der Waals surface area (Å²) in [5.74, 6) is -0.231. The van der Waals surface area contributed by atoms with Crippen LogP contribution in [0.4, 0.5) is 15.8 Å². The highest BCUT2D eigenvalue weighted by Gasteiger charge is 2.28. The number of nitrogens with one attached hydrogen (secondary N) is 1. The van der Waals surface area contributed by atoms with E-state index in [0.29, 0.717) is 22.9 Å². The van der Waals surface area contributed by atoms with Gasteiger partial charge in [-0.2, -0.15) is 0 Å². The number of halogens is 1. The molecule has 0 aliphatic carbocycles. The van der Waals surface area contributed by atoms with Gasteiger partial charge in [-0.15, -0.1) is 0 Å². The average Bonchev–Trinajstić information content (AvgIpc) is 2.87. The van der Waals surface area contributed by atoms with E-state index >= 15 is 0 Å². The van der Waals surface area contributed by atoms with Crippen LogP contribution in [0.3, 0.4) is 0 Å². The molecule has 4 aromatic carbocycles. The molecule has 4 rings (SSSR count). The topological polar surface area (TPSA) is 75.7 Å². The van der Waals surface area contributed by atoms with Crippen molar-refractivity contribution in [3.8, 4) is 11.5 Å². The fourth-order valence-corrected chi connectivity index (χ4v) is 5.05.